The van der Waals surface area contributed by atoms with Gasteiger partial charge in [0.25, 0.3) is 5.91 Å². The zero-order valence-electron chi connectivity index (χ0n) is 12.2. The molecule has 0 aliphatic rings. The molecule has 0 N–H and O–H groups in total. The molecule has 0 unspecified atom stereocenters. The zero-order valence-corrected chi connectivity index (χ0v) is 12.2. The van der Waals surface area contributed by atoms with E-state index >= 15 is 0 Å². The molecule has 1 amide bonds. The quantitative estimate of drug-likeness (QED) is 0.597. The Balaban J connectivity index is 1.97. The number of rotatable bonds is 6. The Morgan fingerprint density at radius 1 is 1.45 bits per heavy atom. The lowest BCUT2D eigenvalue weighted by Crippen LogP contribution is -2.30. The summed E-state index contributed by atoms with van der Waals surface area (Å²) in [5, 5.41) is 10.9. The maximum Gasteiger partial charge on any atom is 0.406 e. The van der Waals surface area contributed by atoms with Gasteiger partial charge in [0.05, 0.1) is 12.8 Å². The molecule has 8 heteroatoms. The van der Waals surface area contributed by atoms with Crippen LogP contribution in [0, 0.1) is 17.0 Å². The predicted octanol–water partition coefficient (Wildman–Crippen LogP) is 1.93. The molecule has 0 spiro atoms. The van der Waals surface area contributed by atoms with Gasteiger partial charge < -0.3 is 24.2 Å². The fraction of sp³-hybridized carbons (Fsp3) is 0.286. The highest BCUT2D eigenvalue weighted by molar-refractivity contribution is 5.77. The minimum Gasteiger partial charge on any atom is -0.476 e. The van der Waals surface area contributed by atoms with Gasteiger partial charge in [-0.25, -0.2) is 0 Å². The molecule has 2 rings (SSSR count). The molecule has 0 bridgehead atoms. The lowest BCUT2D eigenvalue weighted by molar-refractivity contribution is -0.390. The topological polar surface area (TPSA) is 98.7 Å². The molecule has 0 aliphatic heterocycles. The number of aromatic nitrogens is 1. The van der Waals surface area contributed by atoms with Crippen molar-refractivity contribution in [3.8, 4) is 5.75 Å². The molecule has 0 aromatic carbocycles. The number of furan rings is 1. The highest BCUT2D eigenvalue weighted by Gasteiger charge is 2.19. The standard InChI is InChI=1S/C14H15N3O5/c1-10-5-6-12(14(15-10)17(19)20)22-9-13(18)16(2)8-11-4-3-7-21-11/h3-7H,8-9H2,1-2H3. The van der Waals surface area contributed by atoms with E-state index in [-0.39, 0.29) is 18.3 Å². The number of amides is 1. The summed E-state index contributed by atoms with van der Waals surface area (Å²) in [6, 6.07) is 6.49. The van der Waals surface area contributed by atoms with Crippen molar-refractivity contribution in [3.05, 3.63) is 52.1 Å². The molecular formula is C14H15N3O5. The maximum atomic E-state index is 12.0. The Morgan fingerprint density at radius 3 is 2.86 bits per heavy atom. The first-order valence-electron chi connectivity index (χ1n) is 6.48. The molecule has 2 heterocycles. The molecule has 2 aromatic heterocycles. The van der Waals surface area contributed by atoms with Gasteiger partial charge in [-0.2, -0.15) is 0 Å². The van der Waals surface area contributed by atoms with E-state index in [1.807, 2.05) is 0 Å². The molecule has 2 aromatic rings. The van der Waals surface area contributed by atoms with Crippen molar-refractivity contribution in [2.24, 2.45) is 0 Å². The first-order chi connectivity index (χ1) is 10.5. The van der Waals surface area contributed by atoms with Crippen LogP contribution >= 0.6 is 0 Å². The summed E-state index contributed by atoms with van der Waals surface area (Å²) in [4.78, 5) is 27.4. The maximum absolute atomic E-state index is 12.0. The molecule has 0 radical (unpaired) electrons. The van der Waals surface area contributed by atoms with Crippen molar-refractivity contribution in [1.29, 1.82) is 0 Å². The molecule has 0 fully saturated rings. The number of hydrogen-bond donors (Lipinski definition) is 0. The number of nitro groups is 1. The Kier molecular flexibility index (Phi) is 4.72. The molecule has 0 saturated carbocycles. The molecule has 8 nitrogen and oxygen atoms in total. The van der Waals surface area contributed by atoms with Crippen molar-refractivity contribution in [1.82, 2.24) is 9.88 Å². The number of nitrogens with zero attached hydrogens (tertiary/aromatic N) is 3. The van der Waals surface area contributed by atoms with Crippen molar-refractivity contribution in [2.45, 2.75) is 13.5 Å². The molecule has 0 saturated heterocycles. The fourth-order valence-corrected chi connectivity index (χ4v) is 1.75. The third-order valence-corrected chi connectivity index (χ3v) is 2.90. The smallest absolute Gasteiger partial charge is 0.406 e. The van der Waals surface area contributed by atoms with Crippen molar-refractivity contribution >= 4 is 11.7 Å². The van der Waals surface area contributed by atoms with Gasteiger partial charge >= 0.3 is 5.82 Å². The molecule has 22 heavy (non-hydrogen) atoms. The van der Waals surface area contributed by atoms with Gasteiger partial charge in [-0.1, -0.05) is 0 Å². The van der Waals surface area contributed by atoms with Gasteiger partial charge in [-0.05, 0) is 34.2 Å². The van der Waals surface area contributed by atoms with E-state index in [1.54, 1.807) is 32.2 Å². The summed E-state index contributed by atoms with van der Waals surface area (Å²) in [6.45, 7) is 1.62. The number of hydrogen-bond acceptors (Lipinski definition) is 6. The largest absolute Gasteiger partial charge is 0.476 e. The third kappa shape index (κ3) is 3.81. The van der Waals surface area contributed by atoms with Gasteiger partial charge in [-0.3, -0.25) is 4.79 Å². The summed E-state index contributed by atoms with van der Waals surface area (Å²) >= 11 is 0. The zero-order chi connectivity index (χ0) is 16.1. The van der Waals surface area contributed by atoms with Crippen LogP contribution in [0.4, 0.5) is 5.82 Å². The fourth-order valence-electron chi connectivity index (χ4n) is 1.75. The number of aryl methyl sites for hydroxylation is 1. The summed E-state index contributed by atoms with van der Waals surface area (Å²) in [5.41, 5.74) is 0.500. The lowest BCUT2D eigenvalue weighted by atomic mass is 10.3. The summed E-state index contributed by atoms with van der Waals surface area (Å²) in [7, 11) is 1.59. The number of ether oxygens (including phenoxy) is 1. The first kappa shape index (κ1) is 15.5. The van der Waals surface area contributed by atoms with E-state index in [4.69, 9.17) is 9.15 Å². The Hall–Kier alpha value is -2.90. The van der Waals surface area contributed by atoms with Crippen molar-refractivity contribution in [2.75, 3.05) is 13.7 Å². The van der Waals surface area contributed by atoms with E-state index in [9.17, 15) is 14.9 Å². The average Bonchev–Trinajstić information content (AvgIpc) is 2.98. The average molecular weight is 305 g/mol. The summed E-state index contributed by atoms with van der Waals surface area (Å²) in [6.07, 6.45) is 1.52. The van der Waals surface area contributed by atoms with E-state index in [2.05, 4.69) is 4.98 Å². The summed E-state index contributed by atoms with van der Waals surface area (Å²) in [5.74, 6) is -0.123. The van der Waals surface area contributed by atoms with Gasteiger partial charge in [0.1, 0.15) is 11.5 Å². The number of carbonyl (C=O) groups excluding carboxylic acids is 1. The van der Waals surface area contributed by atoms with Crippen LogP contribution in [0.1, 0.15) is 11.5 Å². The van der Waals surface area contributed by atoms with Gasteiger partial charge in [0.2, 0.25) is 5.75 Å². The molecule has 116 valence electrons. The third-order valence-electron chi connectivity index (χ3n) is 2.90. The van der Waals surface area contributed by atoms with E-state index in [0.717, 1.165) is 0 Å². The van der Waals surface area contributed by atoms with Crippen LogP contribution in [0.3, 0.4) is 0 Å². The number of likely N-dealkylation sites (N-methyl/N-ethyl adjacent to an activating group) is 1. The van der Waals surface area contributed by atoms with E-state index in [0.29, 0.717) is 18.0 Å². The SMILES string of the molecule is Cc1ccc(OCC(=O)N(C)Cc2ccco2)c([N+](=O)[O-])n1. The normalized spacial score (nSPS) is 10.3. The second-order valence-corrected chi connectivity index (χ2v) is 4.65. The van der Waals surface area contributed by atoms with E-state index in [1.165, 1.54) is 17.2 Å². The van der Waals surface area contributed by atoms with Crippen LogP contribution in [0.2, 0.25) is 0 Å². The van der Waals surface area contributed by atoms with Crippen LogP contribution < -0.4 is 4.74 Å². The lowest BCUT2D eigenvalue weighted by Gasteiger charge is -2.15. The first-order valence-corrected chi connectivity index (χ1v) is 6.48. The minimum absolute atomic E-state index is 0.0321. The van der Waals surface area contributed by atoms with E-state index < -0.39 is 10.7 Å². The monoisotopic (exact) mass is 305 g/mol. The Bertz CT molecular complexity index is 669. The Labute approximate surface area is 126 Å². The van der Waals surface area contributed by atoms with Crippen LogP contribution in [-0.2, 0) is 11.3 Å². The van der Waals surface area contributed by atoms with Crippen LogP contribution in [0.25, 0.3) is 0 Å². The second-order valence-electron chi connectivity index (χ2n) is 4.65. The Morgan fingerprint density at radius 2 is 2.23 bits per heavy atom. The van der Waals surface area contributed by atoms with Gasteiger partial charge in [0, 0.05) is 14.0 Å². The highest BCUT2D eigenvalue weighted by atomic mass is 16.6. The van der Waals surface area contributed by atoms with Crippen LogP contribution in [0.5, 0.6) is 5.75 Å². The molecular weight excluding hydrogens is 290 g/mol. The van der Waals surface area contributed by atoms with Gasteiger partial charge in [0.15, 0.2) is 6.61 Å². The molecule has 0 atom stereocenters. The number of pyridine rings is 1. The van der Waals surface area contributed by atoms with Crippen LogP contribution in [-0.4, -0.2) is 34.4 Å². The molecule has 0 aliphatic carbocycles. The van der Waals surface area contributed by atoms with Crippen LogP contribution in [0.15, 0.2) is 34.9 Å². The van der Waals surface area contributed by atoms with Gasteiger partial charge in [-0.15, -0.1) is 0 Å². The van der Waals surface area contributed by atoms with Crippen molar-refractivity contribution in [3.63, 3.8) is 0 Å². The minimum atomic E-state index is -0.640. The second kappa shape index (κ2) is 6.70. The summed E-state index contributed by atoms with van der Waals surface area (Å²) < 4.78 is 10.4. The van der Waals surface area contributed by atoms with Crippen molar-refractivity contribution < 1.29 is 18.9 Å². The highest BCUT2D eigenvalue weighted by Crippen LogP contribution is 2.24. The predicted molar refractivity (Wildman–Crippen MR) is 76.3 cm³/mol. The number of carbonyl (C=O) groups is 1.